The van der Waals surface area contributed by atoms with Gasteiger partial charge in [-0.1, -0.05) is 54.6 Å². The Kier molecular flexibility index (Phi) is 6.35. The maximum Gasteiger partial charge on any atom is 0.270 e. The van der Waals surface area contributed by atoms with Gasteiger partial charge in [-0.2, -0.15) is 0 Å². The Bertz CT molecular complexity index is 1930. The molecule has 1 fully saturated rings. The zero-order chi connectivity index (χ0) is 27.8. The van der Waals surface area contributed by atoms with Gasteiger partial charge >= 0.3 is 0 Å². The van der Waals surface area contributed by atoms with Crippen molar-refractivity contribution in [1.82, 2.24) is 29.4 Å². The van der Waals surface area contributed by atoms with Crippen molar-refractivity contribution in [2.75, 3.05) is 13.1 Å². The smallest absolute Gasteiger partial charge is 0.270 e. The first-order valence-corrected chi connectivity index (χ1v) is 13.9. The molecule has 3 aromatic carbocycles. The van der Waals surface area contributed by atoms with Crippen LogP contribution in [-0.4, -0.2) is 48.4 Å². The fourth-order valence-electron chi connectivity index (χ4n) is 5.62. The second-order valence-corrected chi connectivity index (χ2v) is 10.4. The Balaban J connectivity index is 1.32. The average molecular weight is 541 g/mol. The van der Waals surface area contributed by atoms with E-state index in [4.69, 9.17) is 9.97 Å². The summed E-state index contributed by atoms with van der Waals surface area (Å²) in [5.74, 6) is 1.02. The van der Waals surface area contributed by atoms with Crippen LogP contribution in [-0.2, 0) is 17.8 Å². The zero-order valence-electron chi connectivity index (χ0n) is 22.5. The number of rotatable bonds is 7. The number of H-pyrrole nitrogens is 1. The van der Waals surface area contributed by atoms with Crippen LogP contribution >= 0.6 is 0 Å². The van der Waals surface area contributed by atoms with Gasteiger partial charge in [0.25, 0.3) is 5.56 Å². The Hall–Kier alpha value is -5.11. The first kappa shape index (κ1) is 24.9. The van der Waals surface area contributed by atoms with Crippen LogP contribution in [0.15, 0.2) is 96.1 Å². The number of amides is 1. The number of aromatic amines is 1. The number of nitrogens with one attached hydrogen (secondary N) is 1. The molecular weight excluding hydrogens is 512 g/mol. The number of fused-ring (bicyclic) bond motifs is 2. The van der Waals surface area contributed by atoms with E-state index in [0.717, 1.165) is 52.1 Å². The van der Waals surface area contributed by atoms with Crippen LogP contribution in [0, 0.1) is 0 Å². The molecule has 8 nitrogen and oxygen atoms in total. The van der Waals surface area contributed by atoms with Gasteiger partial charge in [0.2, 0.25) is 5.91 Å². The van der Waals surface area contributed by atoms with Crippen molar-refractivity contribution in [1.29, 1.82) is 0 Å². The third-order valence-corrected chi connectivity index (χ3v) is 7.77. The highest BCUT2D eigenvalue weighted by Gasteiger charge is 2.22. The predicted molar refractivity (Wildman–Crippen MR) is 159 cm³/mol. The quantitative estimate of drug-likeness (QED) is 0.300. The van der Waals surface area contributed by atoms with Gasteiger partial charge in [0.15, 0.2) is 0 Å². The third-order valence-electron chi connectivity index (χ3n) is 7.77. The highest BCUT2D eigenvalue weighted by Crippen LogP contribution is 2.29. The van der Waals surface area contributed by atoms with E-state index in [1.54, 1.807) is 12.4 Å². The van der Waals surface area contributed by atoms with E-state index in [2.05, 4.69) is 38.8 Å². The highest BCUT2D eigenvalue weighted by atomic mass is 16.2. The minimum Gasteiger partial charge on any atom is -0.341 e. The van der Waals surface area contributed by atoms with Crippen LogP contribution in [0.25, 0.3) is 44.6 Å². The average Bonchev–Trinajstić information content (AvgIpc) is 3.58. The van der Waals surface area contributed by atoms with Crippen molar-refractivity contribution in [2.24, 2.45) is 0 Å². The van der Waals surface area contributed by atoms with Crippen molar-refractivity contribution in [3.05, 3.63) is 113 Å². The van der Waals surface area contributed by atoms with Crippen molar-refractivity contribution >= 4 is 28.0 Å². The number of likely N-dealkylation sites (tertiary alicyclic amines) is 1. The molecule has 1 aliphatic heterocycles. The number of carbonyl (C=O) groups is 1. The Morgan fingerprint density at radius 3 is 2.29 bits per heavy atom. The first-order valence-electron chi connectivity index (χ1n) is 13.9. The monoisotopic (exact) mass is 540 g/mol. The van der Waals surface area contributed by atoms with E-state index in [0.29, 0.717) is 42.7 Å². The summed E-state index contributed by atoms with van der Waals surface area (Å²) in [6.07, 6.45) is 5.54. The minimum atomic E-state index is -0.195. The summed E-state index contributed by atoms with van der Waals surface area (Å²) in [4.78, 5) is 44.2. The lowest BCUT2D eigenvalue weighted by Gasteiger charge is -2.17. The normalized spacial score (nSPS) is 13.5. The summed E-state index contributed by atoms with van der Waals surface area (Å²) in [6.45, 7) is 2.01. The number of hydrogen-bond acceptors (Lipinski definition) is 5. The van der Waals surface area contributed by atoms with Gasteiger partial charge in [-0.3, -0.25) is 14.6 Å². The number of benzene rings is 3. The molecular formula is C33H28N6O2. The van der Waals surface area contributed by atoms with Gasteiger partial charge in [0.1, 0.15) is 11.5 Å². The van der Waals surface area contributed by atoms with Crippen LogP contribution in [0.2, 0.25) is 0 Å². The van der Waals surface area contributed by atoms with Crippen LogP contribution < -0.4 is 5.56 Å². The SMILES string of the molecule is O=C1CCCN1CCn1c(-c2ccc(-c3ccncc3)cc2)nc2cc3[nH]c(=O)c(Cc4ccccc4)nc3cc21. The molecule has 1 aliphatic rings. The molecule has 1 saturated heterocycles. The Labute approximate surface area is 236 Å². The molecule has 41 heavy (non-hydrogen) atoms. The van der Waals surface area contributed by atoms with Crippen molar-refractivity contribution in [3.8, 4) is 22.5 Å². The largest absolute Gasteiger partial charge is 0.341 e. The molecule has 3 aromatic heterocycles. The van der Waals surface area contributed by atoms with Gasteiger partial charge < -0.3 is 14.5 Å². The van der Waals surface area contributed by atoms with Crippen LogP contribution in [0.1, 0.15) is 24.1 Å². The second-order valence-electron chi connectivity index (χ2n) is 10.4. The molecule has 1 N–H and O–H groups in total. The molecule has 0 aliphatic carbocycles. The Morgan fingerprint density at radius 1 is 0.780 bits per heavy atom. The molecule has 0 saturated carbocycles. The van der Waals surface area contributed by atoms with E-state index in [9.17, 15) is 9.59 Å². The molecule has 6 aromatic rings. The summed E-state index contributed by atoms with van der Waals surface area (Å²) in [5, 5.41) is 0. The van der Waals surface area contributed by atoms with Gasteiger partial charge in [-0.25, -0.2) is 9.97 Å². The summed E-state index contributed by atoms with van der Waals surface area (Å²) in [7, 11) is 0. The fraction of sp³-hybridized carbons (Fsp3) is 0.182. The second kappa shape index (κ2) is 10.5. The summed E-state index contributed by atoms with van der Waals surface area (Å²) in [5.41, 5.74) is 7.53. The molecule has 0 bridgehead atoms. The number of aromatic nitrogens is 5. The fourth-order valence-corrected chi connectivity index (χ4v) is 5.62. The van der Waals surface area contributed by atoms with E-state index >= 15 is 0 Å². The lowest BCUT2D eigenvalue weighted by Crippen LogP contribution is -2.28. The minimum absolute atomic E-state index is 0.195. The van der Waals surface area contributed by atoms with E-state index < -0.39 is 0 Å². The third kappa shape index (κ3) is 4.89. The molecule has 0 atom stereocenters. The molecule has 1 amide bonds. The van der Waals surface area contributed by atoms with Crippen molar-refractivity contribution in [2.45, 2.75) is 25.8 Å². The van der Waals surface area contributed by atoms with Crippen LogP contribution in [0.5, 0.6) is 0 Å². The van der Waals surface area contributed by atoms with Crippen LogP contribution in [0.4, 0.5) is 0 Å². The van der Waals surface area contributed by atoms with Crippen LogP contribution in [0.3, 0.4) is 0 Å². The summed E-state index contributed by atoms with van der Waals surface area (Å²) < 4.78 is 2.17. The number of imidazole rings is 1. The van der Waals surface area contributed by atoms with Crippen molar-refractivity contribution < 1.29 is 4.79 Å². The number of nitrogens with zero attached hydrogens (tertiary/aromatic N) is 5. The number of carbonyl (C=O) groups excluding carboxylic acids is 1. The first-order chi connectivity index (χ1) is 20.1. The molecule has 202 valence electrons. The topological polar surface area (TPSA) is 96.8 Å². The van der Waals surface area contributed by atoms with E-state index in [1.807, 2.05) is 59.5 Å². The molecule has 0 radical (unpaired) electrons. The lowest BCUT2D eigenvalue weighted by molar-refractivity contribution is -0.127. The number of hydrogen-bond donors (Lipinski definition) is 1. The molecule has 0 spiro atoms. The van der Waals surface area contributed by atoms with Gasteiger partial charge in [-0.15, -0.1) is 0 Å². The predicted octanol–water partition coefficient (Wildman–Crippen LogP) is 5.22. The van der Waals surface area contributed by atoms with Crippen molar-refractivity contribution in [3.63, 3.8) is 0 Å². The Morgan fingerprint density at radius 2 is 1.54 bits per heavy atom. The highest BCUT2D eigenvalue weighted by molar-refractivity contribution is 5.93. The molecule has 4 heterocycles. The molecule has 0 unspecified atom stereocenters. The summed E-state index contributed by atoms with van der Waals surface area (Å²) >= 11 is 0. The lowest BCUT2D eigenvalue weighted by atomic mass is 10.0. The molecule has 7 rings (SSSR count). The van der Waals surface area contributed by atoms with E-state index in [-0.39, 0.29) is 11.5 Å². The standard InChI is InChI=1S/C33H28N6O2/c40-31-7-4-16-38(31)17-18-39-30-21-27-26(37-33(41)29(35-27)19-22-5-2-1-3-6-22)20-28(30)36-32(39)25-10-8-23(9-11-25)24-12-14-34-15-13-24/h1-3,5-6,8-15,20-21H,4,7,16-19H2,(H,37,41). The van der Waals surface area contributed by atoms with Gasteiger partial charge in [0, 0.05) is 50.4 Å². The van der Waals surface area contributed by atoms with Gasteiger partial charge in [0.05, 0.1) is 22.1 Å². The van der Waals surface area contributed by atoms with Gasteiger partial charge in [-0.05, 0) is 47.4 Å². The maximum absolute atomic E-state index is 12.9. The maximum atomic E-state index is 12.9. The zero-order valence-corrected chi connectivity index (χ0v) is 22.5. The number of pyridine rings is 1. The molecule has 8 heteroatoms. The van der Waals surface area contributed by atoms with E-state index in [1.165, 1.54) is 0 Å². The summed E-state index contributed by atoms with van der Waals surface area (Å²) in [6, 6.07) is 26.1.